The van der Waals surface area contributed by atoms with Crippen LogP contribution < -0.4 is 9.84 Å². The van der Waals surface area contributed by atoms with Crippen molar-refractivity contribution in [1.82, 2.24) is 15.2 Å². The monoisotopic (exact) mass is 412 g/mol. The summed E-state index contributed by atoms with van der Waals surface area (Å²) in [6.45, 7) is 2.03. The van der Waals surface area contributed by atoms with Gasteiger partial charge in [0.1, 0.15) is 24.0 Å². The van der Waals surface area contributed by atoms with Gasteiger partial charge in [0, 0.05) is 22.5 Å². The lowest BCUT2D eigenvalue weighted by atomic mass is 10.2. The molecule has 29 heavy (non-hydrogen) atoms. The number of benzene rings is 2. The highest BCUT2D eigenvalue weighted by Crippen LogP contribution is 2.29. The summed E-state index contributed by atoms with van der Waals surface area (Å²) in [7, 11) is 0. The van der Waals surface area contributed by atoms with E-state index in [0.29, 0.717) is 27.9 Å². The van der Waals surface area contributed by atoms with Crippen molar-refractivity contribution in [3.8, 4) is 5.75 Å². The van der Waals surface area contributed by atoms with E-state index in [1.54, 1.807) is 42.5 Å². The number of halogens is 1. The fourth-order valence-corrected chi connectivity index (χ4v) is 3.26. The van der Waals surface area contributed by atoms with Gasteiger partial charge in [-0.1, -0.05) is 43.3 Å². The van der Waals surface area contributed by atoms with E-state index in [9.17, 15) is 14.3 Å². The van der Waals surface area contributed by atoms with Crippen molar-refractivity contribution >= 4 is 23.8 Å². The molecule has 0 fully saturated rings. The van der Waals surface area contributed by atoms with Gasteiger partial charge in [-0.05, 0) is 36.4 Å². The van der Waals surface area contributed by atoms with E-state index in [1.165, 1.54) is 12.1 Å². The molecule has 3 aromatic rings. The van der Waals surface area contributed by atoms with Crippen molar-refractivity contribution in [2.75, 3.05) is 0 Å². The van der Waals surface area contributed by atoms with E-state index in [2.05, 4.69) is 15.2 Å². The van der Waals surface area contributed by atoms with Gasteiger partial charge in [0.2, 0.25) is 5.16 Å². The summed E-state index contributed by atoms with van der Waals surface area (Å²) in [6.07, 6.45) is 3.06. The minimum absolute atomic E-state index is 0.0205. The topological polar surface area (TPSA) is 90.9 Å². The lowest BCUT2D eigenvalue weighted by Gasteiger charge is -2.11. The molecule has 0 atom stereocenters. The molecule has 6 nitrogen and oxygen atoms in total. The molecule has 0 aliphatic carbocycles. The van der Waals surface area contributed by atoms with Crippen LogP contribution in [0.2, 0.25) is 0 Å². The number of para-hydroxylation sites is 1. The van der Waals surface area contributed by atoms with Gasteiger partial charge in [0.05, 0.1) is 5.97 Å². The Morgan fingerprint density at radius 2 is 2.00 bits per heavy atom. The third-order valence-corrected chi connectivity index (χ3v) is 4.82. The number of aliphatic carboxylic acids is 1. The fourth-order valence-electron chi connectivity index (χ4n) is 2.54. The summed E-state index contributed by atoms with van der Waals surface area (Å²) < 4.78 is 19.5. The second-order valence-electron chi connectivity index (χ2n) is 6.13. The van der Waals surface area contributed by atoms with Crippen LogP contribution in [0.25, 0.3) is 6.08 Å². The SMILES string of the molecule is CCCc1nc(S/C(=C\c2ccccc2OCc2ccccc2F)C(=O)[O-])n[nH]1. The van der Waals surface area contributed by atoms with Crippen LogP contribution in [0.15, 0.2) is 58.6 Å². The third-order valence-electron chi connectivity index (χ3n) is 3.95. The molecule has 0 aliphatic heterocycles. The number of aryl methyl sites for hydroxylation is 1. The smallest absolute Gasteiger partial charge is 0.213 e. The van der Waals surface area contributed by atoms with E-state index in [4.69, 9.17) is 4.74 Å². The number of thioether (sulfide) groups is 1. The molecule has 8 heteroatoms. The second kappa shape index (κ2) is 9.88. The number of ether oxygens (including phenoxy) is 1. The van der Waals surface area contributed by atoms with E-state index >= 15 is 0 Å². The van der Waals surface area contributed by atoms with Gasteiger partial charge in [-0.3, -0.25) is 5.10 Å². The normalized spacial score (nSPS) is 11.4. The predicted octanol–water partition coefficient (Wildman–Crippen LogP) is 3.36. The van der Waals surface area contributed by atoms with Crippen molar-refractivity contribution in [3.05, 3.63) is 76.2 Å². The summed E-state index contributed by atoms with van der Waals surface area (Å²) in [4.78, 5) is 15.8. The number of H-pyrrole nitrogens is 1. The van der Waals surface area contributed by atoms with Gasteiger partial charge in [0.25, 0.3) is 0 Å². The Bertz CT molecular complexity index is 1020. The summed E-state index contributed by atoms with van der Waals surface area (Å²) in [5.74, 6) is -0.585. The van der Waals surface area contributed by atoms with Crippen LogP contribution in [0.1, 0.15) is 30.3 Å². The zero-order valence-electron chi connectivity index (χ0n) is 15.7. The van der Waals surface area contributed by atoms with Crippen LogP contribution in [-0.2, 0) is 17.8 Å². The summed E-state index contributed by atoms with van der Waals surface area (Å²) in [6, 6.07) is 13.2. The highest BCUT2D eigenvalue weighted by Gasteiger charge is 2.11. The van der Waals surface area contributed by atoms with Crippen molar-refractivity contribution in [2.45, 2.75) is 31.5 Å². The Labute approximate surface area is 171 Å². The maximum absolute atomic E-state index is 13.8. The predicted molar refractivity (Wildman–Crippen MR) is 106 cm³/mol. The molecule has 150 valence electrons. The molecule has 0 bridgehead atoms. The summed E-state index contributed by atoms with van der Waals surface area (Å²) >= 11 is 0.894. The molecule has 0 saturated heterocycles. The van der Waals surface area contributed by atoms with Crippen LogP contribution in [0.5, 0.6) is 5.75 Å². The fraction of sp³-hybridized carbons (Fsp3) is 0.190. The minimum atomic E-state index is -1.35. The molecule has 0 amide bonds. The van der Waals surface area contributed by atoms with Crippen molar-refractivity contribution in [2.24, 2.45) is 0 Å². The van der Waals surface area contributed by atoms with Gasteiger partial charge in [-0.25, -0.2) is 9.37 Å². The summed E-state index contributed by atoms with van der Waals surface area (Å²) in [5.41, 5.74) is 0.935. The van der Waals surface area contributed by atoms with Gasteiger partial charge in [-0.15, -0.1) is 5.10 Å². The molecule has 0 spiro atoms. The second-order valence-corrected chi connectivity index (χ2v) is 7.14. The minimum Gasteiger partial charge on any atom is -0.544 e. The molecule has 0 unspecified atom stereocenters. The Morgan fingerprint density at radius 1 is 1.24 bits per heavy atom. The number of carboxylic acids is 1. The van der Waals surface area contributed by atoms with Crippen LogP contribution in [0, 0.1) is 5.82 Å². The molecule has 0 aliphatic rings. The number of carbonyl (C=O) groups is 1. The van der Waals surface area contributed by atoms with Gasteiger partial charge >= 0.3 is 0 Å². The number of hydrogen-bond donors (Lipinski definition) is 1. The molecule has 2 aromatic carbocycles. The zero-order valence-corrected chi connectivity index (χ0v) is 16.5. The Morgan fingerprint density at radius 3 is 2.76 bits per heavy atom. The lowest BCUT2D eigenvalue weighted by Crippen LogP contribution is -2.23. The molecule has 1 N–H and O–H groups in total. The van der Waals surface area contributed by atoms with Crippen molar-refractivity contribution in [1.29, 1.82) is 0 Å². The standard InChI is InChI=1S/C21H20FN3O3S/c1-2-7-19-23-21(25-24-19)29-18(20(26)27)12-14-8-4-6-11-17(14)28-13-15-9-3-5-10-16(15)22/h3-6,8-12H,2,7,13H2,1H3,(H,26,27)(H,23,24,25)/p-1/b18-12-. The molecule has 1 heterocycles. The molecular formula is C21H19FN3O3S-. The van der Waals surface area contributed by atoms with Crippen LogP contribution in [0.4, 0.5) is 4.39 Å². The van der Waals surface area contributed by atoms with Crippen LogP contribution in [0.3, 0.4) is 0 Å². The molecule has 1 aromatic heterocycles. The number of hydrogen-bond acceptors (Lipinski definition) is 6. The average molecular weight is 412 g/mol. The summed E-state index contributed by atoms with van der Waals surface area (Å²) in [5, 5.41) is 18.7. The number of rotatable bonds is 9. The van der Waals surface area contributed by atoms with E-state index in [0.717, 1.165) is 24.6 Å². The number of aromatic nitrogens is 3. The van der Waals surface area contributed by atoms with Gasteiger partial charge < -0.3 is 14.6 Å². The van der Waals surface area contributed by atoms with Gasteiger partial charge in [-0.2, -0.15) is 0 Å². The zero-order chi connectivity index (χ0) is 20.6. The van der Waals surface area contributed by atoms with Crippen molar-refractivity contribution < 1.29 is 19.0 Å². The first-order valence-corrected chi connectivity index (χ1v) is 9.86. The molecule has 0 radical (unpaired) electrons. The Balaban J connectivity index is 1.80. The first-order valence-electron chi connectivity index (χ1n) is 9.04. The van der Waals surface area contributed by atoms with E-state index in [1.807, 2.05) is 6.92 Å². The number of carbonyl (C=O) groups excluding carboxylic acids is 1. The first kappa shape index (κ1) is 20.6. The first-order chi connectivity index (χ1) is 14.1. The third kappa shape index (κ3) is 5.68. The largest absolute Gasteiger partial charge is 0.544 e. The number of aromatic amines is 1. The number of nitrogens with one attached hydrogen (secondary N) is 1. The molecule has 3 rings (SSSR count). The number of carboxylic acid groups (broad SMARTS) is 1. The average Bonchev–Trinajstić information content (AvgIpc) is 3.15. The molecule has 0 saturated carbocycles. The number of nitrogens with zero attached hydrogens (tertiary/aromatic N) is 2. The van der Waals surface area contributed by atoms with E-state index in [-0.39, 0.29) is 17.3 Å². The van der Waals surface area contributed by atoms with Crippen LogP contribution >= 0.6 is 11.8 Å². The van der Waals surface area contributed by atoms with Gasteiger partial charge in [0.15, 0.2) is 0 Å². The highest BCUT2D eigenvalue weighted by atomic mass is 32.2. The Kier molecular flexibility index (Phi) is 7.02. The highest BCUT2D eigenvalue weighted by molar-refractivity contribution is 8.04. The Hall–Kier alpha value is -3.13. The van der Waals surface area contributed by atoms with Crippen molar-refractivity contribution in [3.63, 3.8) is 0 Å². The maximum Gasteiger partial charge on any atom is 0.213 e. The molecular weight excluding hydrogens is 393 g/mol. The maximum atomic E-state index is 13.8. The van der Waals surface area contributed by atoms with Crippen LogP contribution in [-0.4, -0.2) is 21.2 Å². The quantitative estimate of drug-likeness (QED) is 0.428. The lowest BCUT2D eigenvalue weighted by molar-refractivity contribution is -0.297. The van der Waals surface area contributed by atoms with E-state index < -0.39 is 5.97 Å².